The lowest BCUT2D eigenvalue weighted by Crippen LogP contribution is -2.30. The van der Waals surface area contributed by atoms with Gasteiger partial charge in [-0.05, 0) is 72.7 Å². The summed E-state index contributed by atoms with van der Waals surface area (Å²) >= 11 is 15.0. The number of thiazole rings is 1. The van der Waals surface area contributed by atoms with Gasteiger partial charge in [0.1, 0.15) is 5.70 Å². The molecule has 2 heterocycles. The first kappa shape index (κ1) is 32.9. The summed E-state index contributed by atoms with van der Waals surface area (Å²) in [6.07, 6.45) is 5.33. The molecule has 0 aliphatic rings. The Morgan fingerprint density at radius 2 is 1.78 bits per heavy atom. The molecule has 46 heavy (non-hydrogen) atoms. The van der Waals surface area contributed by atoms with Gasteiger partial charge in [0.15, 0.2) is 5.13 Å². The third-order valence-corrected chi connectivity index (χ3v) is 9.16. The Balaban J connectivity index is 1.26. The molecule has 0 aliphatic heterocycles. The summed E-state index contributed by atoms with van der Waals surface area (Å²) < 4.78 is 0. The summed E-state index contributed by atoms with van der Waals surface area (Å²) in [6, 6.07) is 24.5. The number of hydrogen-bond acceptors (Lipinski definition) is 7. The van der Waals surface area contributed by atoms with E-state index in [-0.39, 0.29) is 11.6 Å². The number of carbonyl (C=O) groups excluding carboxylic acids is 3. The topological polar surface area (TPSA) is 113 Å². The van der Waals surface area contributed by atoms with Gasteiger partial charge in [0.25, 0.3) is 11.8 Å². The van der Waals surface area contributed by atoms with Crippen LogP contribution in [0.2, 0.25) is 10.0 Å². The molecule has 3 aromatic carbocycles. The fraction of sp³-hybridized carbons (Fsp3) is 0.0882. The second-order valence-electron chi connectivity index (χ2n) is 9.81. The fourth-order valence-corrected chi connectivity index (χ4v) is 6.47. The van der Waals surface area contributed by atoms with Crippen molar-refractivity contribution in [2.24, 2.45) is 0 Å². The largest absolute Gasteiger partial charge is 0.321 e. The lowest BCUT2D eigenvalue weighted by molar-refractivity contribution is -0.116. The van der Waals surface area contributed by atoms with Gasteiger partial charge in [-0.3, -0.25) is 19.4 Å². The molecular formula is C34H27Cl2N5O3S2. The molecule has 3 amide bonds. The number of nitrogens with one attached hydrogen (secondary N) is 3. The molecule has 8 nitrogen and oxygen atoms in total. The van der Waals surface area contributed by atoms with Gasteiger partial charge < -0.3 is 16.0 Å². The van der Waals surface area contributed by atoms with E-state index in [0.29, 0.717) is 44.1 Å². The Labute approximate surface area is 284 Å². The standard InChI is InChI=1S/C34H27Cl2N5O3S2/c1-2-30(33(44)41-34-40-29(20-45-34)26-14-13-23(35)17-27(26)36)46-25-12-6-11-24(18-25)38-32(43)28(16-21-8-7-15-37-19-21)39-31(42)22-9-4-3-5-10-22/h3-20,30H,2H2,1H3,(H,38,43)(H,39,42)(H,40,41,44)/b28-16-. The zero-order chi connectivity index (χ0) is 32.5. The molecule has 5 aromatic rings. The smallest absolute Gasteiger partial charge is 0.272 e. The van der Waals surface area contributed by atoms with Gasteiger partial charge in [-0.15, -0.1) is 23.1 Å². The Morgan fingerprint density at radius 1 is 0.957 bits per heavy atom. The number of rotatable bonds is 11. The Kier molecular flexibility index (Phi) is 11.2. The molecule has 0 saturated heterocycles. The molecule has 0 radical (unpaired) electrons. The van der Waals surface area contributed by atoms with E-state index in [1.54, 1.807) is 91.3 Å². The molecule has 0 spiro atoms. The average molecular weight is 689 g/mol. The lowest BCUT2D eigenvalue weighted by Gasteiger charge is -2.15. The molecule has 1 unspecified atom stereocenters. The minimum absolute atomic E-state index is 0.0495. The lowest BCUT2D eigenvalue weighted by atomic mass is 10.2. The number of hydrogen-bond donors (Lipinski definition) is 3. The van der Waals surface area contributed by atoms with Crippen molar-refractivity contribution in [2.75, 3.05) is 10.6 Å². The van der Waals surface area contributed by atoms with E-state index in [0.717, 1.165) is 10.5 Å². The first-order valence-electron chi connectivity index (χ1n) is 14.1. The van der Waals surface area contributed by atoms with Crippen molar-refractivity contribution < 1.29 is 14.4 Å². The van der Waals surface area contributed by atoms with Crippen LogP contribution in [-0.4, -0.2) is 32.9 Å². The number of nitrogens with zero attached hydrogens (tertiary/aromatic N) is 2. The van der Waals surface area contributed by atoms with Crippen molar-refractivity contribution in [2.45, 2.75) is 23.5 Å². The number of halogens is 2. The van der Waals surface area contributed by atoms with Gasteiger partial charge in [-0.1, -0.05) is 60.5 Å². The molecule has 12 heteroatoms. The Hall–Kier alpha value is -4.48. The van der Waals surface area contributed by atoms with Gasteiger partial charge in [0.05, 0.1) is 16.0 Å². The Bertz CT molecular complexity index is 1880. The summed E-state index contributed by atoms with van der Waals surface area (Å²) in [5, 5.41) is 11.3. The van der Waals surface area contributed by atoms with Crippen LogP contribution >= 0.6 is 46.3 Å². The van der Waals surface area contributed by atoms with E-state index in [2.05, 4.69) is 25.9 Å². The van der Waals surface area contributed by atoms with E-state index >= 15 is 0 Å². The highest BCUT2D eigenvalue weighted by Crippen LogP contribution is 2.33. The summed E-state index contributed by atoms with van der Waals surface area (Å²) in [5.74, 6) is -1.13. The first-order chi connectivity index (χ1) is 22.3. The number of amides is 3. The quantitative estimate of drug-likeness (QED) is 0.0949. The summed E-state index contributed by atoms with van der Waals surface area (Å²) in [7, 11) is 0. The minimum Gasteiger partial charge on any atom is -0.321 e. The molecule has 3 N–H and O–H groups in total. The molecule has 1 atom stereocenters. The second kappa shape index (κ2) is 15.7. The molecule has 0 fully saturated rings. The highest BCUT2D eigenvalue weighted by Gasteiger charge is 2.21. The third-order valence-electron chi connectivity index (χ3n) is 6.50. The van der Waals surface area contributed by atoms with Crippen LogP contribution in [0.4, 0.5) is 10.8 Å². The normalized spacial score (nSPS) is 11.8. The van der Waals surface area contributed by atoms with Crippen LogP contribution in [0.3, 0.4) is 0 Å². The number of benzene rings is 3. The van der Waals surface area contributed by atoms with Crippen LogP contribution in [-0.2, 0) is 9.59 Å². The van der Waals surface area contributed by atoms with Crippen molar-refractivity contribution in [3.63, 3.8) is 0 Å². The number of carbonyl (C=O) groups is 3. The zero-order valence-corrected chi connectivity index (χ0v) is 27.5. The van der Waals surface area contributed by atoms with E-state index in [1.807, 2.05) is 24.4 Å². The molecule has 5 rings (SSSR count). The summed E-state index contributed by atoms with van der Waals surface area (Å²) in [5.41, 5.74) is 2.97. The molecule has 0 bridgehead atoms. The van der Waals surface area contributed by atoms with Crippen molar-refractivity contribution in [3.8, 4) is 11.3 Å². The second-order valence-corrected chi connectivity index (χ2v) is 12.8. The summed E-state index contributed by atoms with van der Waals surface area (Å²) in [6.45, 7) is 1.93. The molecular weight excluding hydrogens is 661 g/mol. The SMILES string of the molecule is CCC(Sc1cccc(NC(=O)/C(=C/c2cccnc2)NC(=O)c2ccccc2)c1)C(=O)Nc1nc(-c2ccc(Cl)cc2Cl)cs1. The maximum absolute atomic E-state index is 13.4. The molecule has 0 aliphatic carbocycles. The highest BCUT2D eigenvalue weighted by atomic mass is 35.5. The van der Waals surface area contributed by atoms with Crippen LogP contribution in [0.5, 0.6) is 0 Å². The predicted molar refractivity (Wildman–Crippen MR) is 187 cm³/mol. The molecule has 232 valence electrons. The van der Waals surface area contributed by atoms with Crippen LogP contribution in [0.25, 0.3) is 17.3 Å². The van der Waals surface area contributed by atoms with Crippen LogP contribution in [0, 0.1) is 0 Å². The van der Waals surface area contributed by atoms with E-state index < -0.39 is 17.1 Å². The van der Waals surface area contributed by atoms with Crippen molar-refractivity contribution in [1.82, 2.24) is 15.3 Å². The minimum atomic E-state index is -0.513. The van der Waals surface area contributed by atoms with E-state index in [1.165, 1.54) is 23.1 Å². The van der Waals surface area contributed by atoms with Gasteiger partial charge in [-0.2, -0.15) is 0 Å². The average Bonchev–Trinajstić information content (AvgIpc) is 3.52. The van der Waals surface area contributed by atoms with E-state index in [4.69, 9.17) is 23.2 Å². The third kappa shape index (κ3) is 8.82. The van der Waals surface area contributed by atoms with Gasteiger partial charge >= 0.3 is 0 Å². The summed E-state index contributed by atoms with van der Waals surface area (Å²) in [4.78, 5) is 48.9. The van der Waals surface area contributed by atoms with Crippen LogP contribution in [0.1, 0.15) is 29.3 Å². The number of thioether (sulfide) groups is 1. The van der Waals surface area contributed by atoms with Crippen LogP contribution in [0.15, 0.2) is 113 Å². The monoisotopic (exact) mass is 687 g/mol. The zero-order valence-electron chi connectivity index (χ0n) is 24.4. The van der Waals surface area contributed by atoms with Gasteiger partial charge in [-0.25, -0.2) is 4.98 Å². The van der Waals surface area contributed by atoms with Crippen molar-refractivity contribution >= 4 is 80.9 Å². The first-order valence-corrected chi connectivity index (χ1v) is 16.6. The van der Waals surface area contributed by atoms with Crippen molar-refractivity contribution in [3.05, 3.63) is 130 Å². The highest BCUT2D eigenvalue weighted by molar-refractivity contribution is 8.00. The molecule has 0 saturated carbocycles. The maximum atomic E-state index is 13.4. The van der Waals surface area contributed by atoms with Gasteiger partial charge in [0.2, 0.25) is 5.91 Å². The fourth-order valence-electron chi connectivity index (χ4n) is 4.24. The Morgan fingerprint density at radius 3 is 2.52 bits per heavy atom. The predicted octanol–water partition coefficient (Wildman–Crippen LogP) is 8.43. The number of anilines is 2. The number of aromatic nitrogens is 2. The number of pyridine rings is 1. The molecule has 2 aromatic heterocycles. The van der Waals surface area contributed by atoms with Crippen LogP contribution < -0.4 is 16.0 Å². The van der Waals surface area contributed by atoms with Crippen molar-refractivity contribution in [1.29, 1.82) is 0 Å². The van der Waals surface area contributed by atoms with Gasteiger partial charge in [0, 0.05) is 44.5 Å². The maximum Gasteiger partial charge on any atom is 0.272 e. The van der Waals surface area contributed by atoms with E-state index in [9.17, 15) is 14.4 Å².